The number of amides is 1. The summed E-state index contributed by atoms with van der Waals surface area (Å²) in [5.74, 6) is 1.04. The van der Waals surface area contributed by atoms with Gasteiger partial charge in [-0.2, -0.15) is 0 Å². The fourth-order valence-electron chi connectivity index (χ4n) is 2.98. The Hall–Kier alpha value is -1.40. The van der Waals surface area contributed by atoms with Crippen molar-refractivity contribution in [1.82, 2.24) is 20.3 Å². The van der Waals surface area contributed by atoms with E-state index in [1.165, 1.54) is 6.42 Å². The second-order valence-corrected chi connectivity index (χ2v) is 9.47. The molecule has 10 heteroatoms. The number of hydrogen-bond donors (Lipinski definition) is 3. The third kappa shape index (κ3) is 9.17. The van der Waals surface area contributed by atoms with Crippen molar-refractivity contribution in [3.05, 3.63) is 35.4 Å². The van der Waals surface area contributed by atoms with Crippen molar-refractivity contribution in [3.63, 3.8) is 0 Å². The molecule has 1 amide bonds. The normalized spacial score (nSPS) is 14.4. The van der Waals surface area contributed by atoms with Crippen LogP contribution in [0.2, 0.25) is 0 Å². The van der Waals surface area contributed by atoms with Crippen molar-refractivity contribution in [3.8, 4) is 0 Å². The first kappa shape index (κ1) is 26.6. The third-order valence-electron chi connectivity index (χ3n) is 4.99. The summed E-state index contributed by atoms with van der Waals surface area (Å²) in [6, 6.07) is 7.55. The van der Waals surface area contributed by atoms with Crippen LogP contribution in [0.15, 0.2) is 29.3 Å². The molecule has 1 aliphatic rings. The van der Waals surface area contributed by atoms with Gasteiger partial charge in [0.05, 0.1) is 5.75 Å². The largest absolute Gasteiger partial charge is 0.356 e. The lowest BCUT2D eigenvalue weighted by Gasteiger charge is -2.25. The number of rotatable bonds is 10. The molecule has 0 heterocycles. The van der Waals surface area contributed by atoms with Crippen LogP contribution >= 0.6 is 24.0 Å². The molecule has 3 N–H and O–H groups in total. The highest BCUT2D eigenvalue weighted by atomic mass is 127. The van der Waals surface area contributed by atoms with Crippen molar-refractivity contribution in [2.75, 3.05) is 46.5 Å². The van der Waals surface area contributed by atoms with Crippen LogP contribution in [0, 0.1) is 5.92 Å². The molecule has 1 fully saturated rings. The van der Waals surface area contributed by atoms with Crippen molar-refractivity contribution in [2.45, 2.75) is 25.7 Å². The van der Waals surface area contributed by atoms with Gasteiger partial charge in [-0.05, 0) is 42.9 Å². The molecule has 1 aliphatic carbocycles. The van der Waals surface area contributed by atoms with E-state index < -0.39 is 10.0 Å². The Morgan fingerprint density at radius 1 is 1.20 bits per heavy atom. The molecule has 0 radical (unpaired) electrons. The summed E-state index contributed by atoms with van der Waals surface area (Å²) in [5, 5.41) is 6.20. The van der Waals surface area contributed by atoms with E-state index in [1.807, 2.05) is 18.2 Å². The van der Waals surface area contributed by atoms with Crippen molar-refractivity contribution >= 4 is 45.9 Å². The first-order valence-electron chi connectivity index (χ1n) is 10.0. The van der Waals surface area contributed by atoms with Crippen LogP contribution in [0.1, 0.15) is 35.2 Å². The van der Waals surface area contributed by atoms with Gasteiger partial charge in [0.15, 0.2) is 5.96 Å². The second-order valence-electron chi connectivity index (χ2n) is 7.54. The Labute approximate surface area is 197 Å². The van der Waals surface area contributed by atoms with Gasteiger partial charge in [0, 0.05) is 46.3 Å². The average molecular weight is 551 g/mol. The van der Waals surface area contributed by atoms with Crippen LogP contribution in [-0.4, -0.2) is 71.7 Å². The van der Waals surface area contributed by atoms with E-state index >= 15 is 0 Å². The lowest BCUT2D eigenvalue weighted by atomic mass is 9.86. The van der Waals surface area contributed by atoms with E-state index in [1.54, 1.807) is 32.1 Å². The van der Waals surface area contributed by atoms with Crippen LogP contribution in [0.5, 0.6) is 0 Å². The Morgan fingerprint density at radius 3 is 2.50 bits per heavy atom. The average Bonchev–Trinajstić information content (AvgIpc) is 2.64. The summed E-state index contributed by atoms with van der Waals surface area (Å²) in [6.45, 7) is 1.45. The Morgan fingerprint density at radius 2 is 1.90 bits per heavy atom. The molecular formula is C20H34IN5O3S. The number of nitrogens with one attached hydrogen (secondary N) is 3. The van der Waals surface area contributed by atoms with Crippen LogP contribution in [0.3, 0.4) is 0 Å². The molecule has 1 aromatic carbocycles. The number of sulfonamides is 1. The molecule has 1 saturated carbocycles. The number of halogens is 1. The zero-order valence-corrected chi connectivity index (χ0v) is 21.1. The summed E-state index contributed by atoms with van der Waals surface area (Å²) < 4.78 is 26.8. The number of hydrogen-bond acceptors (Lipinski definition) is 4. The first-order valence-corrected chi connectivity index (χ1v) is 11.7. The maximum absolute atomic E-state index is 12.1. The van der Waals surface area contributed by atoms with Gasteiger partial charge in [-0.1, -0.05) is 18.6 Å². The summed E-state index contributed by atoms with van der Waals surface area (Å²) in [7, 11) is 1.84. The van der Waals surface area contributed by atoms with Gasteiger partial charge < -0.3 is 15.5 Å². The molecule has 0 aromatic heterocycles. The third-order valence-corrected chi connectivity index (χ3v) is 6.34. The van der Waals surface area contributed by atoms with Gasteiger partial charge in [0.1, 0.15) is 0 Å². The molecule has 0 unspecified atom stereocenters. The fourth-order valence-corrected chi connectivity index (χ4v) is 3.99. The van der Waals surface area contributed by atoms with E-state index in [0.29, 0.717) is 30.5 Å². The Bertz CT molecular complexity index is 810. The van der Waals surface area contributed by atoms with Crippen molar-refractivity contribution in [1.29, 1.82) is 0 Å². The lowest BCUT2D eigenvalue weighted by Crippen LogP contribution is -2.42. The SMILES string of the molecule is CN=C(NCCc1cccc(C(=O)N(C)C)c1)NCCS(=O)(=O)NCC1CCC1.I. The van der Waals surface area contributed by atoms with Crippen LogP contribution < -0.4 is 15.4 Å². The minimum absolute atomic E-state index is 0. The van der Waals surface area contributed by atoms with Gasteiger partial charge in [0.2, 0.25) is 10.0 Å². The summed E-state index contributed by atoms with van der Waals surface area (Å²) >= 11 is 0. The second kappa shape index (κ2) is 13.1. The fraction of sp³-hybridized carbons (Fsp3) is 0.600. The monoisotopic (exact) mass is 551 g/mol. The molecule has 0 spiro atoms. The standard InChI is InChI=1S/C20H33N5O3S.HI/c1-21-20(23-12-13-29(27,28)24-15-17-7-4-8-17)22-11-10-16-6-5-9-18(14-16)19(26)25(2)3;/h5-6,9,14,17,24H,4,7-8,10-13,15H2,1-3H3,(H2,21,22,23);1H. The number of carbonyl (C=O) groups is 1. The van der Waals surface area contributed by atoms with E-state index in [2.05, 4.69) is 20.3 Å². The minimum Gasteiger partial charge on any atom is -0.356 e. The minimum atomic E-state index is -3.27. The highest BCUT2D eigenvalue weighted by Gasteiger charge is 2.20. The molecule has 170 valence electrons. The predicted molar refractivity (Wildman–Crippen MR) is 132 cm³/mol. The molecule has 30 heavy (non-hydrogen) atoms. The molecule has 1 aromatic rings. The van der Waals surface area contributed by atoms with Gasteiger partial charge in [-0.15, -0.1) is 24.0 Å². The quantitative estimate of drug-likeness (QED) is 0.232. The number of guanidine groups is 1. The van der Waals surface area contributed by atoms with Gasteiger partial charge in [0.25, 0.3) is 5.91 Å². The number of aliphatic imine (C=N–C) groups is 1. The lowest BCUT2D eigenvalue weighted by molar-refractivity contribution is 0.0827. The maximum Gasteiger partial charge on any atom is 0.253 e. The Balaban J connectivity index is 0.00000450. The highest BCUT2D eigenvalue weighted by molar-refractivity contribution is 14.0. The van der Waals surface area contributed by atoms with E-state index in [-0.39, 0.29) is 42.2 Å². The first-order chi connectivity index (χ1) is 13.8. The van der Waals surface area contributed by atoms with Gasteiger partial charge >= 0.3 is 0 Å². The molecule has 2 rings (SSSR count). The van der Waals surface area contributed by atoms with Crippen molar-refractivity contribution < 1.29 is 13.2 Å². The number of benzene rings is 1. The smallest absolute Gasteiger partial charge is 0.253 e. The van der Waals surface area contributed by atoms with Gasteiger partial charge in [-0.25, -0.2) is 13.1 Å². The molecule has 0 atom stereocenters. The number of nitrogens with zero attached hydrogens (tertiary/aromatic N) is 2. The zero-order valence-electron chi connectivity index (χ0n) is 18.0. The maximum atomic E-state index is 12.1. The molecule has 8 nitrogen and oxygen atoms in total. The summed E-state index contributed by atoms with van der Waals surface area (Å²) in [6.07, 6.45) is 4.15. The molecule has 0 bridgehead atoms. The molecular weight excluding hydrogens is 517 g/mol. The topological polar surface area (TPSA) is 103 Å². The Kier molecular flexibility index (Phi) is 11.6. The number of carbonyl (C=O) groups excluding carboxylic acids is 1. The van der Waals surface area contributed by atoms with Crippen LogP contribution in [0.4, 0.5) is 0 Å². The van der Waals surface area contributed by atoms with E-state index in [9.17, 15) is 13.2 Å². The van der Waals surface area contributed by atoms with Crippen LogP contribution in [-0.2, 0) is 16.4 Å². The summed E-state index contributed by atoms with van der Waals surface area (Å²) in [4.78, 5) is 17.7. The van der Waals surface area contributed by atoms with Crippen LogP contribution in [0.25, 0.3) is 0 Å². The molecule has 0 saturated heterocycles. The zero-order chi connectivity index (χ0) is 21.3. The predicted octanol–water partition coefficient (Wildman–Crippen LogP) is 1.43. The van der Waals surface area contributed by atoms with Gasteiger partial charge in [-0.3, -0.25) is 9.79 Å². The van der Waals surface area contributed by atoms with E-state index in [4.69, 9.17) is 0 Å². The summed E-state index contributed by atoms with van der Waals surface area (Å²) in [5.41, 5.74) is 1.71. The van der Waals surface area contributed by atoms with Crippen molar-refractivity contribution in [2.24, 2.45) is 10.9 Å². The van der Waals surface area contributed by atoms with E-state index in [0.717, 1.165) is 24.8 Å². The highest BCUT2D eigenvalue weighted by Crippen LogP contribution is 2.25. The molecule has 0 aliphatic heterocycles.